The molecule has 0 aliphatic carbocycles. The SMILES string of the molecule is COc1ccc(-c2nn(-c3ccccc3)cc2C=CC(=O)c2cnn(C(C)C)c2)cc1. The van der Waals surface area contributed by atoms with Crippen LogP contribution in [-0.4, -0.2) is 32.5 Å². The zero-order valence-corrected chi connectivity index (χ0v) is 17.8. The van der Waals surface area contributed by atoms with Crippen LogP contribution in [0.2, 0.25) is 0 Å². The summed E-state index contributed by atoms with van der Waals surface area (Å²) >= 11 is 0. The summed E-state index contributed by atoms with van der Waals surface area (Å²) in [5.41, 5.74) is 4.08. The molecular formula is C25H24N4O2. The van der Waals surface area contributed by atoms with Crippen LogP contribution in [0.4, 0.5) is 0 Å². The van der Waals surface area contributed by atoms with Gasteiger partial charge in [-0.2, -0.15) is 10.2 Å². The van der Waals surface area contributed by atoms with E-state index in [9.17, 15) is 4.79 Å². The van der Waals surface area contributed by atoms with Crippen LogP contribution in [-0.2, 0) is 0 Å². The number of aromatic nitrogens is 4. The molecule has 0 atom stereocenters. The maximum absolute atomic E-state index is 12.7. The molecule has 0 amide bonds. The van der Waals surface area contributed by atoms with Gasteiger partial charge in [0, 0.05) is 29.6 Å². The van der Waals surface area contributed by atoms with Crippen LogP contribution in [0.3, 0.4) is 0 Å². The summed E-state index contributed by atoms with van der Waals surface area (Å²) in [5, 5.41) is 9.03. The number of ketones is 1. The molecule has 6 nitrogen and oxygen atoms in total. The van der Waals surface area contributed by atoms with Crippen molar-refractivity contribution in [3.63, 3.8) is 0 Å². The Labute approximate surface area is 181 Å². The summed E-state index contributed by atoms with van der Waals surface area (Å²) in [5.74, 6) is 0.681. The average molecular weight is 412 g/mol. The van der Waals surface area contributed by atoms with Gasteiger partial charge in [0.2, 0.25) is 0 Å². The highest BCUT2D eigenvalue weighted by molar-refractivity contribution is 6.06. The van der Waals surface area contributed by atoms with Crippen molar-refractivity contribution < 1.29 is 9.53 Å². The van der Waals surface area contributed by atoms with Crippen molar-refractivity contribution in [2.45, 2.75) is 19.9 Å². The fourth-order valence-corrected chi connectivity index (χ4v) is 3.20. The van der Waals surface area contributed by atoms with Crippen LogP contribution in [0, 0.1) is 0 Å². The molecule has 0 radical (unpaired) electrons. The van der Waals surface area contributed by atoms with E-state index in [-0.39, 0.29) is 11.8 Å². The van der Waals surface area contributed by atoms with Gasteiger partial charge in [0.05, 0.1) is 30.3 Å². The lowest BCUT2D eigenvalue weighted by atomic mass is 10.1. The second-order valence-electron chi connectivity index (χ2n) is 7.44. The number of allylic oxidation sites excluding steroid dienone is 1. The van der Waals surface area contributed by atoms with E-state index in [1.807, 2.05) is 79.3 Å². The molecule has 2 aromatic heterocycles. The number of hydrogen-bond acceptors (Lipinski definition) is 4. The van der Waals surface area contributed by atoms with E-state index in [1.165, 1.54) is 0 Å². The molecule has 2 aromatic carbocycles. The molecule has 4 aromatic rings. The Bertz CT molecular complexity index is 1200. The maximum atomic E-state index is 12.7. The highest BCUT2D eigenvalue weighted by Gasteiger charge is 2.12. The fourth-order valence-electron chi connectivity index (χ4n) is 3.20. The van der Waals surface area contributed by atoms with E-state index in [4.69, 9.17) is 9.84 Å². The Morgan fingerprint density at radius 3 is 2.42 bits per heavy atom. The molecule has 0 unspecified atom stereocenters. The van der Waals surface area contributed by atoms with Crippen LogP contribution in [0.1, 0.15) is 35.8 Å². The summed E-state index contributed by atoms with van der Waals surface area (Å²) in [6.45, 7) is 4.05. The third-order valence-corrected chi connectivity index (χ3v) is 4.96. The molecule has 0 aliphatic rings. The smallest absolute Gasteiger partial charge is 0.189 e. The minimum Gasteiger partial charge on any atom is -0.497 e. The van der Waals surface area contributed by atoms with Gasteiger partial charge in [-0.05, 0) is 62.4 Å². The zero-order chi connectivity index (χ0) is 21.8. The van der Waals surface area contributed by atoms with E-state index in [0.717, 1.165) is 28.3 Å². The molecule has 6 heteroatoms. The quantitative estimate of drug-likeness (QED) is 0.308. The Kier molecular flexibility index (Phi) is 5.80. The molecule has 0 saturated carbocycles. The number of ether oxygens (including phenoxy) is 1. The molecule has 4 rings (SSSR count). The molecule has 31 heavy (non-hydrogen) atoms. The minimum absolute atomic E-state index is 0.0972. The molecule has 156 valence electrons. The number of hydrogen-bond donors (Lipinski definition) is 0. The van der Waals surface area contributed by atoms with Crippen molar-refractivity contribution in [1.82, 2.24) is 19.6 Å². The topological polar surface area (TPSA) is 61.9 Å². The molecule has 0 bridgehead atoms. The van der Waals surface area contributed by atoms with Crippen molar-refractivity contribution in [2.24, 2.45) is 0 Å². The van der Waals surface area contributed by atoms with E-state index in [1.54, 1.807) is 36.3 Å². The van der Waals surface area contributed by atoms with Gasteiger partial charge >= 0.3 is 0 Å². The van der Waals surface area contributed by atoms with Crippen molar-refractivity contribution in [3.8, 4) is 22.7 Å². The van der Waals surface area contributed by atoms with Crippen LogP contribution < -0.4 is 4.74 Å². The molecule has 0 aliphatic heterocycles. The number of carbonyl (C=O) groups is 1. The van der Waals surface area contributed by atoms with E-state index < -0.39 is 0 Å². The van der Waals surface area contributed by atoms with Crippen LogP contribution in [0.5, 0.6) is 5.75 Å². The van der Waals surface area contributed by atoms with Gasteiger partial charge < -0.3 is 4.74 Å². The molecule has 0 fully saturated rings. The van der Waals surface area contributed by atoms with E-state index >= 15 is 0 Å². The van der Waals surface area contributed by atoms with Crippen molar-refractivity contribution in [2.75, 3.05) is 7.11 Å². The number of carbonyl (C=O) groups excluding carboxylic acids is 1. The third-order valence-electron chi connectivity index (χ3n) is 4.96. The number of rotatable bonds is 7. The normalized spacial score (nSPS) is 11.4. The maximum Gasteiger partial charge on any atom is 0.189 e. The Hall–Kier alpha value is -3.93. The van der Waals surface area contributed by atoms with Gasteiger partial charge in [-0.25, -0.2) is 4.68 Å². The van der Waals surface area contributed by atoms with E-state index in [2.05, 4.69) is 5.10 Å². The predicted molar refractivity (Wildman–Crippen MR) is 122 cm³/mol. The molecular weight excluding hydrogens is 388 g/mol. The lowest BCUT2D eigenvalue weighted by Crippen LogP contribution is -2.00. The monoisotopic (exact) mass is 412 g/mol. The lowest BCUT2D eigenvalue weighted by molar-refractivity contribution is 0.104. The number of para-hydroxylation sites is 1. The van der Waals surface area contributed by atoms with Crippen molar-refractivity contribution in [1.29, 1.82) is 0 Å². The molecule has 2 heterocycles. The van der Waals surface area contributed by atoms with Gasteiger partial charge in [0.1, 0.15) is 5.75 Å². The summed E-state index contributed by atoms with van der Waals surface area (Å²) in [7, 11) is 1.64. The third kappa shape index (κ3) is 4.48. The predicted octanol–water partition coefficient (Wildman–Crippen LogP) is 5.22. The largest absolute Gasteiger partial charge is 0.497 e. The lowest BCUT2D eigenvalue weighted by Gasteiger charge is -2.03. The van der Waals surface area contributed by atoms with E-state index in [0.29, 0.717) is 5.56 Å². The van der Waals surface area contributed by atoms with Gasteiger partial charge in [-0.15, -0.1) is 0 Å². The minimum atomic E-state index is -0.0972. The van der Waals surface area contributed by atoms with Crippen LogP contribution in [0.15, 0.2) is 79.3 Å². The molecule has 0 spiro atoms. The first kappa shape index (κ1) is 20.3. The fraction of sp³-hybridized carbons (Fsp3) is 0.160. The van der Waals surface area contributed by atoms with Gasteiger partial charge in [0.25, 0.3) is 0 Å². The molecule has 0 saturated heterocycles. The first-order valence-electron chi connectivity index (χ1n) is 10.1. The summed E-state index contributed by atoms with van der Waals surface area (Å²) < 4.78 is 8.86. The highest BCUT2D eigenvalue weighted by atomic mass is 16.5. The summed E-state index contributed by atoms with van der Waals surface area (Å²) in [6.07, 6.45) is 8.68. The number of methoxy groups -OCH3 is 1. The summed E-state index contributed by atoms with van der Waals surface area (Å²) in [6, 6.07) is 17.8. The Morgan fingerprint density at radius 2 is 1.77 bits per heavy atom. The second-order valence-corrected chi connectivity index (χ2v) is 7.44. The average Bonchev–Trinajstić information content (AvgIpc) is 3.46. The van der Waals surface area contributed by atoms with Crippen molar-refractivity contribution >= 4 is 11.9 Å². The second kappa shape index (κ2) is 8.83. The summed E-state index contributed by atoms with van der Waals surface area (Å²) in [4.78, 5) is 12.7. The standard InChI is InChI=1S/C25H24N4O2/c1-18(2)28-17-21(15-26-28)24(30)14-11-20-16-29(22-7-5-4-6-8-22)27-25(20)19-9-12-23(31-3)13-10-19/h4-18H,1-3H3. The van der Waals surface area contributed by atoms with Gasteiger partial charge in [0.15, 0.2) is 5.78 Å². The first-order chi connectivity index (χ1) is 15.0. The van der Waals surface area contributed by atoms with Crippen LogP contribution in [0.25, 0.3) is 23.0 Å². The number of benzene rings is 2. The Balaban J connectivity index is 1.69. The van der Waals surface area contributed by atoms with Gasteiger partial charge in [-0.3, -0.25) is 9.48 Å². The highest BCUT2D eigenvalue weighted by Crippen LogP contribution is 2.27. The first-order valence-corrected chi connectivity index (χ1v) is 10.1. The zero-order valence-electron chi connectivity index (χ0n) is 17.8. The molecule has 0 N–H and O–H groups in total. The number of nitrogens with zero attached hydrogens (tertiary/aromatic N) is 4. The van der Waals surface area contributed by atoms with Crippen molar-refractivity contribution in [3.05, 3.63) is 90.4 Å². The Morgan fingerprint density at radius 1 is 1.03 bits per heavy atom. The van der Waals surface area contributed by atoms with Crippen LogP contribution >= 0.6 is 0 Å². The van der Waals surface area contributed by atoms with Gasteiger partial charge in [-0.1, -0.05) is 18.2 Å².